The molecule has 1 aromatic carbocycles. The molecule has 4 nitrogen and oxygen atoms in total. The third-order valence-corrected chi connectivity index (χ3v) is 3.38. The quantitative estimate of drug-likeness (QED) is 0.405. The smallest absolute Gasteiger partial charge is 0.223 e. The van der Waals surface area contributed by atoms with Gasteiger partial charge < -0.3 is 14.4 Å². The van der Waals surface area contributed by atoms with Gasteiger partial charge in [-0.25, -0.2) is 0 Å². The summed E-state index contributed by atoms with van der Waals surface area (Å²) < 4.78 is 11.3. The van der Waals surface area contributed by atoms with Crippen LogP contribution in [0.2, 0.25) is 0 Å². The molecule has 144 valence electrons. The lowest BCUT2D eigenvalue weighted by molar-refractivity contribution is -0.131. The fourth-order valence-corrected chi connectivity index (χ4v) is 2.31. The molecule has 1 aromatic rings. The number of benzene rings is 1. The number of halogens is 1. The van der Waals surface area contributed by atoms with Crippen LogP contribution in [0, 0.1) is 12.8 Å². The standard InChI is InChI=1S/C17H22BrNO3.C2H6.C2H2/c1-5-6-7-17(20)19(11-13(2)18)12-14-8-9-15(21-3)10-16(14)22-4;2*1-2/h5,8-10H,1-2,6-7,11-12H2,3-4H3;1-2H3;1-2H. The highest BCUT2D eigenvalue weighted by atomic mass is 79.9. The number of hydrogen-bond acceptors (Lipinski definition) is 3. The number of terminal acetylenes is 1. The zero-order valence-corrected chi connectivity index (χ0v) is 17.8. The van der Waals surface area contributed by atoms with Crippen molar-refractivity contribution in [3.63, 3.8) is 0 Å². The van der Waals surface area contributed by atoms with Crippen LogP contribution in [0.1, 0.15) is 32.3 Å². The molecule has 0 aliphatic carbocycles. The molecule has 0 heterocycles. The van der Waals surface area contributed by atoms with Crippen LogP contribution in [-0.4, -0.2) is 31.6 Å². The summed E-state index contributed by atoms with van der Waals surface area (Å²) in [5, 5.41) is 0. The van der Waals surface area contributed by atoms with E-state index in [1.165, 1.54) is 0 Å². The summed E-state index contributed by atoms with van der Waals surface area (Å²) >= 11 is 3.32. The Morgan fingerprint density at radius 3 is 2.35 bits per heavy atom. The van der Waals surface area contributed by atoms with E-state index < -0.39 is 0 Å². The summed E-state index contributed by atoms with van der Waals surface area (Å²) in [5.74, 6) is 1.47. The van der Waals surface area contributed by atoms with Crippen molar-refractivity contribution in [2.24, 2.45) is 0 Å². The van der Waals surface area contributed by atoms with Crippen LogP contribution in [0.5, 0.6) is 11.5 Å². The SMILES string of the molecule is C#C.C=CCCC(=O)N(CC(=C)Br)Cc1ccc(OC)cc1OC.CC. The van der Waals surface area contributed by atoms with E-state index in [-0.39, 0.29) is 5.91 Å². The van der Waals surface area contributed by atoms with Gasteiger partial charge in [0.05, 0.1) is 20.8 Å². The predicted molar refractivity (Wildman–Crippen MR) is 114 cm³/mol. The molecule has 0 aliphatic rings. The maximum Gasteiger partial charge on any atom is 0.223 e. The van der Waals surface area contributed by atoms with Gasteiger partial charge in [0.25, 0.3) is 0 Å². The monoisotopic (exact) mass is 423 g/mol. The molecule has 0 fully saturated rings. The van der Waals surface area contributed by atoms with E-state index in [0.717, 1.165) is 15.8 Å². The zero-order valence-electron chi connectivity index (χ0n) is 16.3. The van der Waals surface area contributed by atoms with Crippen molar-refractivity contribution in [2.45, 2.75) is 33.2 Å². The van der Waals surface area contributed by atoms with Crippen molar-refractivity contribution >= 4 is 21.8 Å². The average Bonchev–Trinajstić information content (AvgIpc) is 2.68. The highest BCUT2D eigenvalue weighted by Crippen LogP contribution is 2.26. The number of allylic oxidation sites excluding steroid dienone is 1. The second-order valence-electron chi connectivity index (χ2n) is 4.77. The molecular weight excluding hydrogens is 394 g/mol. The van der Waals surface area contributed by atoms with Gasteiger partial charge in [-0.05, 0) is 18.6 Å². The number of nitrogens with zero attached hydrogens (tertiary/aromatic N) is 1. The molecular formula is C21H30BrNO3. The molecule has 0 saturated carbocycles. The Hall–Kier alpha value is -2.19. The van der Waals surface area contributed by atoms with E-state index in [1.807, 2.05) is 32.0 Å². The second-order valence-corrected chi connectivity index (χ2v) is 5.89. The third-order valence-electron chi connectivity index (χ3n) is 3.13. The Morgan fingerprint density at radius 1 is 1.27 bits per heavy atom. The Bertz CT molecular complexity index is 582. The molecule has 0 aliphatic heterocycles. The minimum Gasteiger partial charge on any atom is -0.497 e. The van der Waals surface area contributed by atoms with Crippen molar-refractivity contribution in [3.8, 4) is 24.3 Å². The molecule has 0 radical (unpaired) electrons. The summed E-state index contributed by atoms with van der Waals surface area (Å²) in [7, 11) is 3.21. The predicted octanol–water partition coefficient (Wildman–Crippen LogP) is 5.18. The first-order valence-electron chi connectivity index (χ1n) is 8.28. The summed E-state index contributed by atoms with van der Waals surface area (Å²) in [6.07, 6.45) is 10.8. The second kappa shape index (κ2) is 16.3. The first-order valence-corrected chi connectivity index (χ1v) is 9.07. The van der Waals surface area contributed by atoms with Gasteiger partial charge in [-0.15, -0.1) is 19.4 Å². The fourth-order valence-electron chi connectivity index (χ4n) is 2.01. The molecule has 0 bridgehead atoms. The van der Waals surface area contributed by atoms with E-state index in [4.69, 9.17) is 9.47 Å². The topological polar surface area (TPSA) is 38.8 Å². The van der Waals surface area contributed by atoms with Gasteiger partial charge in [-0.2, -0.15) is 0 Å². The van der Waals surface area contributed by atoms with Gasteiger partial charge in [0.1, 0.15) is 11.5 Å². The molecule has 0 unspecified atom stereocenters. The van der Waals surface area contributed by atoms with E-state index in [2.05, 4.69) is 41.9 Å². The lowest BCUT2D eigenvalue weighted by atomic mass is 10.1. The molecule has 0 N–H and O–H groups in total. The third kappa shape index (κ3) is 9.95. The summed E-state index contributed by atoms with van der Waals surface area (Å²) in [5.41, 5.74) is 0.920. The number of ether oxygens (including phenoxy) is 2. The normalized spacial score (nSPS) is 8.73. The van der Waals surface area contributed by atoms with Crippen molar-refractivity contribution in [1.82, 2.24) is 4.90 Å². The van der Waals surface area contributed by atoms with Crippen LogP contribution in [-0.2, 0) is 11.3 Å². The Kier molecular flexibility index (Phi) is 16.3. The van der Waals surface area contributed by atoms with Gasteiger partial charge in [-0.3, -0.25) is 4.79 Å². The van der Waals surface area contributed by atoms with Crippen LogP contribution in [0.4, 0.5) is 0 Å². The summed E-state index contributed by atoms with van der Waals surface area (Å²) in [6, 6.07) is 5.57. The summed E-state index contributed by atoms with van der Waals surface area (Å²) in [4.78, 5) is 14.1. The average molecular weight is 424 g/mol. The number of carbonyl (C=O) groups is 1. The Balaban J connectivity index is 0. The highest BCUT2D eigenvalue weighted by Gasteiger charge is 2.16. The van der Waals surface area contributed by atoms with Gasteiger partial charge >= 0.3 is 0 Å². The lowest BCUT2D eigenvalue weighted by Gasteiger charge is -2.23. The fraction of sp³-hybridized carbons (Fsp3) is 0.381. The van der Waals surface area contributed by atoms with E-state index in [0.29, 0.717) is 31.7 Å². The van der Waals surface area contributed by atoms with Gasteiger partial charge in [0.2, 0.25) is 5.91 Å². The van der Waals surface area contributed by atoms with Crippen molar-refractivity contribution in [2.75, 3.05) is 20.8 Å². The first-order chi connectivity index (χ1) is 12.5. The largest absolute Gasteiger partial charge is 0.497 e. The van der Waals surface area contributed by atoms with Gasteiger partial charge in [0.15, 0.2) is 0 Å². The number of hydrogen-bond donors (Lipinski definition) is 0. The number of amides is 1. The molecule has 26 heavy (non-hydrogen) atoms. The maximum atomic E-state index is 12.3. The van der Waals surface area contributed by atoms with Crippen LogP contribution in [0.15, 0.2) is 41.9 Å². The maximum absolute atomic E-state index is 12.3. The van der Waals surface area contributed by atoms with E-state index >= 15 is 0 Å². The Morgan fingerprint density at radius 2 is 1.88 bits per heavy atom. The van der Waals surface area contributed by atoms with Crippen LogP contribution in [0.3, 0.4) is 0 Å². The number of methoxy groups -OCH3 is 2. The van der Waals surface area contributed by atoms with Crippen LogP contribution < -0.4 is 9.47 Å². The van der Waals surface area contributed by atoms with E-state index in [1.54, 1.807) is 25.2 Å². The van der Waals surface area contributed by atoms with E-state index in [9.17, 15) is 4.79 Å². The zero-order chi connectivity index (χ0) is 20.5. The van der Waals surface area contributed by atoms with Gasteiger partial charge in [-0.1, -0.05) is 42.4 Å². The lowest BCUT2D eigenvalue weighted by Crippen LogP contribution is -2.31. The Labute approximate surface area is 167 Å². The number of carbonyl (C=O) groups excluding carboxylic acids is 1. The molecule has 0 spiro atoms. The molecule has 0 aromatic heterocycles. The van der Waals surface area contributed by atoms with Crippen LogP contribution >= 0.6 is 15.9 Å². The van der Waals surface area contributed by atoms with Crippen LogP contribution in [0.25, 0.3) is 0 Å². The van der Waals surface area contributed by atoms with Crippen molar-refractivity contribution < 1.29 is 14.3 Å². The highest BCUT2D eigenvalue weighted by molar-refractivity contribution is 9.11. The molecule has 0 atom stereocenters. The molecule has 0 saturated heterocycles. The van der Waals surface area contributed by atoms with Gasteiger partial charge in [0, 0.05) is 29.1 Å². The number of rotatable bonds is 9. The summed E-state index contributed by atoms with van der Waals surface area (Å²) in [6.45, 7) is 12.4. The molecule has 5 heteroatoms. The minimum absolute atomic E-state index is 0.0540. The van der Waals surface area contributed by atoms with Crippen molar-refractivity contribution in [1.29, 1.82) is 0 Å². The first kappa shape index (κ1) is 26.0. The molecule has 1 amide bonds. The van der Waals surface area contributed by atoms with Crippen molar-refractivity contribution in [3.05, 3.63) is 47.5 Å². The minimum atomic E-state index is 0.0540. The molecule has 1 rings (SSSR count).